The van der Waals surface area contributed by atoms with Crippen LogP contribution in [0.1, 0.15) is 18.4 Å². The fourth-order valence-corrected chi connectivity index (χ4v) is 3.52. The molecule has 0 spiro atoms. The molecule has 0 aromatic carbocycles. The number of nitrogens with zero attached hydrogens (tertiary/aromatic N) is 3. The van der Waals surface area contributed by atoms with Crippen molar-refractivity contribution in [1.82, 2.24) is 20.4 Å². The molecule has 0 saturated carbocycles. The Bertz CT molecular complexity index is 791. The third kappa shape index (κ3) is 3.84. The lowest BCUT2D eigenvalue weighted by molar-refractivity contribution is -0.125. The first-order chi connectivity index (χ1) is 12.7. The quantitative estimate of drug-likeness (QED) is 0.859. The second-order valence-corrected chi connectivity index (χ2v) is 6.97. The summed E-state index contributed by atoms with van der Waals surface area (Å²) in [6, 6.07) is 0. The summed E-state index contributed by atoms with van der Waals surface area (Å²) in [5.74, 6) is 0.784. The second-order valence-electron chi connectivity index (χ2n) is 6.97. The number of carbonyl (C=O) groups excluding carboxylic acids is 1. The summed E-state index contributed by atoms with van der Waals surface area (Å²) in [4.78, 5) is 18.9. The van der Waals surface area contributed by atoms with Crippen LogP contribution in [0.5, 0.6) is 0 Å². The molecule has 1 amide bonds. The topological polar surface area (TPSA) is 82.6 Å². The molecular formula is C19H23N5O2. The normalized spacial score (nSPS) is 25.8. The summed E-state index contributed by atoms with van der Waals surface area (Å²) < 4.78 is 5.66. The van der Waals surface area contributed by atoms with Crippen LogP contribution in [-0.4, -0.2) is 60.1 Å². The van der Waals surface area contributed by atoms with Crippen molar-refractivity contribution in [1.29, 1.82) is 0 Å². The zero-order chi connectivity index (χ0) is 17.9. The van der Waals surface area contributed by atoms with E-state index in [1.165, 1.54) is 5.57 Å². The van der Waals surface area contributed by atoms with Crippen molar-refractivity contribution in [3.8, 4) is 0 Å². The van der Waals surface area contributed by atoms with Crippen LogP contribution in [-0.2, 0) is 9.53 Å². The maximum atomic E-state index is 12.3. The van der Waals surface area contributed by atoms with Crippen molar-refractivity contribution in [2.24, 2.45) is 10.9 Å². The highest BCUT2D eigenvalue weighted by Crippen LogP contribution is 2.33. The fourth-order valence-electron chi connectivity index (χ4n) is 3.52. The van der Waals surface area contributed by atoms with Gasteiger partial charge in [0.2, 0.25) is 5.91 Å². The number of hydrogen-bond acceptors (Lipinski definition) is 5. The van der Waals surface area contributed by atoms with Gasteiger partial charge in [-0.1, -0.05) is 12.2 Å². The molecule has 1 aromatic heterocycles. The maximum Gasteiger partial charge on any atom is 0.228 e. The number of likely N-dealkylation sites (N-methyl/N-ethyl adjacent to an activating group) is 1. The highest BCUT2D eigenvalue weighted by atomic mass is 16.5. The summed E-state index contributed by atoms with van der Waals surface area (Å²) >= 11 is 0. The average molecular weight is 353 g/mol. The third-order valence-corrected chi connectivity index (χ3v) is 4.95. The van der Waals surface area contributed by atoms with Crippen molar-refractivity contribution < 1.29 is 9.53 Å². The van der Waals surface area contributed by atoms with Crippen LogP contribution in [0.15, 0.2) is 47.0 Å². The molecule has 0 bridgehead atoms. The van der Waals surface area contributed by atoms with Crippen LogP contribution < -0.4 is 5.32 Å². The van der Waals surface area contributed by atoms with Gasteiger partial charge in [-0.25, -0.2) is 4.99 Å². The zero-order valence-electron chi connectivity index (χ0n) is 14.8. The van der Waals surface area contributed by atoms with E-state index in [4.69, 9.17) is 4.74 Å². The summed E-state index contributed by atoms with van der Waals surface area (Å²) in [6.07, 6.45) is 13.0. The Kier molecular flexibility index (Phi) is 4.81. The predicted octanol–water partition coefficient (Wildman–Crippen LogP) is 1.50. The maximum absolute atomic E-state index is 12.3. The Morgan fingerprint density at radius 1 is 1.46 bits per heavy atom. The van der Waals surface area contributed by atoms with Crippen molar-refractivity contribution in [2.45, 2.75) is 18.9 Å². The molecule has 2 N–H and O–H groups in total. The molecule has 1 fully saturated rings. The molecular weight excluding hydrogens is 330 g/mol. The number of rotatable bonds is 4. The minimum absolute atomic E-state index is 0.0531. The number of nitrogens with one attached hydrogen (secondary N) is 2. The summed E-state index contributed by atoms with van der Waals surface area (Å²) in [5, 5.41) is 9.79. The van der Waals surface area contributed by atoms with Crippen molar-refractivity contribution >= 4 is 17.7 Å². The monoisotopic (exact) mass is 353 g/mol. The lowest BCUT2D eigenvalue weighted by Gasteiger charge is -2.29. The van der Waals surface area contributed by atoms with E-state index in [0.29, 0.717) is 18.8 Å². The van der Waals surface area contributed by atoms with Gasteiger partial charge in [-0.05, 0) is 30.7 Å². The van der Waals surface area contributed by atoms with Gasteiger partial charge < -0.3 is 15.0 Å². The lowest BCUT2D eigenvalue weighted by atomic mass is 9.84. The molecule has 3 aliphatic rings. The Hall–Kier alpha value is -2.51. The number of amides is 1. The molecule has 7 nitrogen and oxygen atoms in total. The van der Waals surface area contributed by atoms with Gasteiger partial charge in [-0.3, -0.25) is 9.89 Å². The molecule has 3 heterocycles. The summed E-state index contributed by atoms with van der Waals surface area (Å²) in [7, 11) is 2.05. The van der Waals surface area contributed by atoms with Gasteiger partial charge in [0, 0.05) is 37.0 Å². The number of aliphatic imine (C=N–C) groups is 1. The van der Waals surface area contributed by atoms with Crippen molar-refractivity contribution in [2.75, 3.05) is 26.7 Å². The van der Waals surface area contributed by atoms with E-state index in [0.717, 1.165) is 30.6 Å². The predicted molar refractivity (Wildman–Crippen MR) is 99.3 cm³/mol. The van der Waals surface area contributed by atoms with Crippen LogP contribution in [0.4, 0.5) is 0 Å². The Labute approximate surface area is 152 Å². The number of aromatic amines is 1. The highest BCUT2D eigenvalue weighted by Gasteiger charge is 2.24. The molecule has 26 heavy (non-hydrogen) atoms. The summed E-state index contributed by atoms with van der Waals surface area (Å²) in [5.41, 5.74) is 3.48. The number of fused-ring (bicyclic) bond motifs is 1. The molecule has 0 radical (unpaired) electrons. The largest absolute Gasteiger partial charge is 0.375 e. The van der Waals surface area contributed by atoms with E-state index in [2.05, 4.69) is 37.6 Å². The summed E-state index contributed by atoms with van der Waals surface area (Å²) in [6.45, 7) is 2.37. The van der Waals surface area contributed by atoms with Gasteiger partial charge in [0.1, 0.15) is 5.82 Å². The first-order valence-electron chi connectivity index (χ1n) is 8.93. The Morgan fingerprint density at radius 2 is 2.38 bits per heavy atom. The van der Waals surface area contributed by atoms with E-state index in [-0.39, 0.29) is 17.9 Å². The fraction of sp³-hybridized carbons (Fsp3) is 0.421. The molecule has 2 aliphatic heterocycles. The van der Waals surface area contributed by atoms with Gasteiger partial charge in [0.05, 0.1) is 25.3 Å². The van der Waals surface area contributed by atoms with E-state index >= 15 is 0 Å². The zero-order valence-corrected chi connectivity index (χ0v) is 14.8. The number of morpholine rings is 1. The third-order valence-electron chi connectivity index (χ3n) is 4.95. The second kappa shape index (κ2) is 7.39. The van der Waals surface area contributed by atoms with Gasteiger partial charge in [0.25, 0.3) is 0 Å². The van der Waals surface area contributed by atoms with Crippen LogP contribution in [0.25, 0.3) is 5.57 Å². The van der Waals surface area contributed by atoms with E-state index in [9.17, 15) is 4.79 Å². The van der Waals surface area contributed by atoms with Crippen LogP contribution in [0.2, 0.25) is 0 Å². The van der Waals surface area contributed by atoms with E-state index in [1.807, 2.05) is 31.7 Å². The SMILES string of the molecule is CN1CCOC(CC(=O)NC2=CC3CC(c4cn[nH]c4)=CC=C3C=N2)C1. The molecule has 136 valence electrons. The first kappa shape index (κ1) is 16.9. The number of aromatic nitrogens is 2. The lowest BCUT2D eigenvalue weighted by Crippen LogP contribution is -2.42. The number of carbonyl (C=O) groups is 1. The standard InChI is InChI=1S/C19H23N5O2/c1-24-4-5-26-17(12-24)8-19(25)23-18-7-15-6-13(16-10-21-22-11-16)2-3-14(15)9-20-18/h2-3,7,9-11,15,17H,4-6,8,12H2,1H3,(H,21,22)(H,23,25). The van der Waals surface area contributed by atoms with E-state index in [1.54, 1.807) is 0 Å². The van der Waals surface area contributed by atoms with Crippen molar-refractivity contribution in [3.63, 3.8) is 0 Å². The number of hydrogen-bond donors (Lipinski definition) is 2. The molecule has 1 saturated heterocycles. The van der Waals surface area contributed by atoms with Crippen LogP contribution in [0, 0.1) is 5.92 Å². The molecule has 1 aromatic rings. The number of ether oxygens (including phenoxy) is 1. The molecule has 2 atom stereocenters. The Balaban J connectivity index is 1.37. The smallest absolute Gasteiger partial charge is 0.228 e. The molecule has 1 aliphatic carbocycles. The minimum Gasteiger partial charge on any atom is -0.375 e. The van der Waals surface area contributed by atoms with Crippen LogP contribution in [0.3, 0.4) is 0 Å². The molecule has 4 rings (SSSR count). The number of allylic oxidation sites excluding steroid dienone is 5. The van der Waals surface area contributed by atoms with Crippen molar-refractivity contribution in [3.05, 3.63) is 47.6 Å². The highest BCUT2D eigenvalue weighted by molar-refractivity contribution is 5.87. The average Bonchev–Trinajstić information content (AvgIpc) is 3.15. The van der Waals surface area contributed by atoms with Gasteiger partial charge in [-0.15, -0.1) is 0 Å². The van der Waals surface area contributed by atoms with Gasteiger partial charge >= 0.3 is 0 Å². The first-order valence-corrected chi connectivity index (χ1v) is 8.93. The van der Waals surface area contributed by atoms with E-state index < -0.39 is 0 Å². The van der Waals surface area contributed by atoms with Gasteiger partial charge in [0.15, 0.2) is 0 Å². The molecule has 7 heteroatoms. The Morgan fingerprint density at radius 3 is 3.19 bits per heavy atom. The number of H-pyrrole nitrogens is 1. The van der Waals surface area contributed by atoms with Crippen LogP contribution >= 0.6 is 0 Å². The minimum atomic E-state index is -0.0532. The molecule has 2 unspecified atom stereocenters. The van der Waals surface area contributed by atoms with Gasteiger partial charge in [-0.2, -0.15) is 5.10 Å².